The molecule has 0 aliphatic carbocycles. The molecule has 7 nitrogen and oxygen atoms in total. The van der Waals surface area contributed by atoms with Crippen LogP contribution in [-0.4, -0.2) is 54.2 Å². The summed E-state index contributed by atoms with van der Waals surface area (Å²) in [5, 5.41) is 6.95. The Morgan fingerprint density at radius 3 is 2.79 bits per heavy atom. The molecule has 0 bridgehead atoms. The summed E-state index contributed by atoms with van der Waals surface area (Å²) in [6.45, 7) is 4.37. The first-order valence-electron chi connectivity index (χ1n) is 10.3. The number of benzene rings is 1. The molecule has 3 heterocycles. The van der Waals surface area contributed by atoms with Crippen LogP contribution >= 0.6 is 0 Å². The quantitative estimate of drug-likeness (QED) is 0.839. The van der Waals surface area contributed by atoms with Gasteiger partial charge < -0.3 is 19.5 Å². The van der Waals surface area contributed by atoms with E-state index in [9.17, 15) is 9.59 Å². The molecule has 1 N–H and O–H groups in total. The minimum absolute atomic E-state index is 0.00139. The number of nitrogens with one attached hydrogen (secondary N) is 1. The number of aromatic nitrogens is 1. The van der Waals surface area contributed by atoms with E-state index < -0.39 is 0 Å². The van der Waals surface area contributed by atoms with Crippen LogP contribution in [0.5, 0.6) is 0 Å². The van der Waals surface area contributed by atoms with Gasteiger partial charge in [0.1, 0.15) is 0 Å². The van der Waals surface area contributed by atoms with E-state index in [0.29, 0.717) is 25.4 Å². The molecule has 2 amide bonds. The topological polar surface area (TPSA) is 84.7 Å². The summed E-state index contributed by atoms with van der Waals surface area (Å²) in [5.74, 6) is 0.177. The molecule has 0 spiro atoms. The minimum atomic E-state index is -0.197. The lowest BCUT2D eigenvalue weighted by Gasteiger charge is -2.31. The molecule has 0 unspecified atom stereocenters. The highest BCUT2D eigenvalue weighted by Gasteiger charge is 2.30. The normalized spacial score (nSPS) is 21.9. The maximum Gasteiger partial charge on any atom is 0.276 e. The second-order valence-electron chi connectivity index (χ2n) is 7.91. The Morgan fingerprint density at radius 2 is 2.03 bits per heavy atom. The van der Waals surface area contributed by atoms with Crippen LogP contribution in [0.4, 0.5) is 0 Å². The average molecular weight is 397 g/mol. The van der Waals surface area contributed by atoms with Crippen molar-refractivity contribution in [3.63, 3.8) is 0 Å². The molecule has 2 aliphatic rings. The highest BCUT2D eigenvalue weighted by atomic mass is 16.5. The van der Waals surface area contributed by atoms with Crippen LogP contribution in [0.1, 0.15) is 41.7 Å². The summed E-state index contributed by atoms with van der Waals surface area (Å²) in [6, 6.07) is 9.54. The van der Waals surface area contributed by atoms with Crippen LogP contribution in [0.2, 0.25) is 0 Å². The Morgan fingerprint density at radius 1 is 1.21 bits per heavy atom. The summed E-state index contributed by atoms with van der Waals surface area (Å²) >= 11 is 0. The lowest BCUT2D eigenvalue weighted by Crippen LogP contribution is -2.46. The van der Waals surface area contributed by atoms with Crippen molar-refractivity contribution in [3.05, 3.63) is 41.6 Å². The predicted molar refractivity (Wildman–Crippen MR) is 107 cm³/mol. The number of rotatable bonds is 5. The Kier molecular flexibility index (Phi) is 5.94. The highest BCUT2D eigenvalue weighted by Crippen LogP contribution is 2.23. The number of hydrogen-bond donors (Lipinski definition) is 1. The van der Waals surface area contributed by atoms with Gasteiger partial charge in [0.2, 0.25) is 5.91 Å². The van der Waals surface area contributed by atoms with E-state index in [1.54, 1.807) is 11.0 Å². The fourth-order valence-corrected chi connectivity index (χ4v) is 3.93. The summed E-state index contributed by atoms with van der Waals surface area (Å²) in [5.41, 5.74) is 2.31. The number of nitrogens with zero attached hydrogens (tertiary/aromatic N) is 2. The summed E-state index contributed by atoms with van der Waals surface area (Å²) in [6.07, 6.45) is 3.75. The number of likely N-dealkylation sites (tertiary alicyclic amines) is 1. The number of carbonyl (C=O) groups is 2. The lowest BCUT2D eigenvalue weighted by atomic mass is 9.96. The zero-order valence-corrected chi connectivity index (χ0v) is 16.7. The first kappa shape index (κ1) is 19.6. The van der Waals surface area contributed by atoms with Crippen molar-refractivity contribution in [1.29, 1.82) is 0 Å². The van der Waals surface area contributed by atoms with E-state index in [4.69, 9.17) is 9.26 Å². The summed E-state index contributed by atoms with van der Waals surface area (Å²) < 4.78 is 10.9. The monoisotopic (exact) mass is 397 g/mol. The van der Waals surface area contributed by atoms with Crippen LogP contribution in [0.25, 0.3) is 11.3 Å². The van der Waals surface area contributed by atoms with Gasteiger partial charge in [-0.2, -0.15) is 0 Å². The average Bonchev–Trinajstić information content (AvgIpc) is 3.44. The Balaban J connectivity index is 1.36. The van der Waals surface area contributed by atoms with E-state index in [2.05, 4.69) is 10.5 Å². The number of aryl methyl sites for hydroxylation is 1. The number of ether oxygens (including phenoxy) is 1. The second kappa shape index (κ2) is 8.78. The second-order valence-corrected chi connectivity index (χ2v) is 7.91. The third-order valence-electron chi connectivity index (χ3n) is 5.67. The molecule has 2 fully saturated rings. The van der Waals surface area contributed by atoms with Crippen molar-refractivity contribution in [2.24, 2.45) is 5.92 Å². The molecule has 2 aromatic rings. The van der Waals surface area contributed by atoms with Crippen molar-refractivity contribution >= 4 is 11.8 Å². The SMILES string of the molecule is Cc1ccc(-c2cc(C(=O)N3CCC[C@@H](C(=O)NC[C@H]4CCCO4)C3)no2)cc1. The molecule has 0 saturated carbocycles. The molecule has 7 heteroatoms. The van der Waals surface area contributed by atoms with Crippen molar-refractivity contribution in [2.45, 2.75) is 38.7 Å². The van der Waals surface area contributed by atoms with Crippen molar-refractivity contribution in [1.82, 2.24) is 15.4 Å². The van der Waals surface area contributed by atoms with Crippen molar-refractivity contribution in [2.75, 3.05) is 26.2 Å². The molecular weight excluding hydrogens is 370 g/mol. The van der Waals surface area contributed by atoms with E-state index in [0.717, 1.165) is 43.4 Å². The molecule has 2 aliphatic heterocycles. The molecule has 2 saturated heterocycles. The molecule has 2 atom stereocenters. The molecule has 4 rings (SSSR count). The lowest BCUT2D eigenvalue weighted by molar-refractivity contribution is -0.126. The van der Waals surface area contributed by atoms with Gasteiger partial charge in [-0.1, -0.05) is 35.0 Å². The minimum Gasteiger partial charge on any atom is -0.376 e. The number of carbonyl (C=O) groups excluding carboxylic acids is 2. The van der Waals surface area contributed by atoms with Crippen LogP contribution in [-0.2, 0) is 9.53 Å². The Labute approximate surface area is 170 Å². The maximum absolute atomic E-state index is 12.9. The van der Waals surface area contributed by atoms with Gasteiger partial charge >= 0.3 is 0 Å². The third-order valence-corrected chi connectivity index (χ3v) is 5.67. The highest BCUT2D eigenvalue weighted by molar-refractivity contribution is 5.93. The van der Waals surface area contributed by atoms with Gasteiger partial charge in [-0.25, -0.2) is 0 Å². The smallest absolute Gasteiger partial charge is 0.276 e. The van der Waals surface area contributed by atoms with Gasteiger partial charge in [-0.3, -0.25) is 9.59 Å². The standard InChI is InChI=1S/C22H27N3O4/c1-15-6-8-16(9-7-15)20-12-19(24-29-20)22(27)25-10-2-4-17(14-25)21(26)23-13-18-5-3-11-28-18/h6-9,12,17-18H,2-5,10-11,13-14H2,1H3,(H,23,26)/t17-,18-/m1/s1. The third kappa shape index (κ3) is 4.67. The molecule has 154 valence electrons. The van der Waals surface area contributed by atoms with Gasteiger partial charge in [0.15, 0.2) is 11.5 Å². The van der Waals surface area contributed by atoms with E-state index in [1.165, 1.54) is 0 Å². The zero-order valence-electron chi connectivity index (χ0n) is 16.7. The van der Waals surface area contributed by atoms with Crippen LogP contribution in [0, 0.1) is 12.8 Å². The van der Waals surface area contributed by atoms with Crippen LogP contribution in [0.15, 0.2) is 34.9 Å². The fraction of sp³-hybridized carbons (Fsp3) is 0.500. The molecule has 1 aromatic heterocycles. The van der Waals surface area contributed by atoms with Crippen LogP contribution < -0.4 is 5.32 Å². The summed E-state index contributed by atoms with van der Waals surface area (Å²) in [7, 11) is 0. The van der Waals surface area contributed by atoms with E-state index in [-0.39, 0.29) is 29.5 Å². The number of hydrogen-bond acceptors (Lipinski definition) is 5. The van der Waals surface area contributed by atoms with Gasteiger partial charge in [0.25, 0.3) is 5.91 Å². The van der Waals surface area contributed by atoms with Gasteiger partial charge in [-0.05, 0) is 32.6 Å². The first-order chi connectivity index (χ1) is 14.1. The van der Waals surface area contributed by atoms with Gasteiger partial charge in [0.05, 0.1) is 12.0 Å². The summed E-state index contributed by atoms with van der Waals surface area (Å²) in [4.78, 5) is 27.1. The molecule has 29 heavy (non-hydrogen) atoms. The molecule has 0 radical (unpaired) electrons. The largest absolute Gasteiger partial charge is 0.376 e. The van der Waals surface area contributed by atoms with E-state index >= 15 is 0 Å². The first-order valence-corrected chi connectivity index (χ1v) is 10.3. The number of piperidine rings is 1. The Bertz CT molecular complexity index is 855. The maximum atomic E-state index is 12.9. The fourth-order valence-electron chi connectivity index (χ4n) is 3.93. The zero-order chi connectivity index (χ0) is 20.2. The van der Waals surface area contributed by atoms with Gasteiger partial charge in [-0.15, -0.1) is 0 Å². The van der Waals surface area contributed by atoms with E-state index in [1.807, 2.05) is 31.2 Å². The predicted octanol–water partition coefficient (Wildman–Crippen LogP) is 2.80. The van der Waals surface area contributed by atoms with Crippen molar-refractivity contribution < 1.29 is 18.8 Å². The molecular formula is C22H27N3O4. The van der Waals surface area contributed by atoms with Crippen LogP contribution in [0.3, 0.4) is 0 Å². The number of amides is 2. The molecule has 1 aromatic carbocycles. The van der Waals surface area contributed by atoms with Crippen molar-refractivity contribution in [3.8, 4) is 11.3 Å². The Hall–Kier alpha value is -2.67. The van der Waals surface area contributed by atoms with Gasteiger partial charge in [0, 0.05) is 37.9 Å².